The zero-order chi connectivity index (χ0) is 18.2. The van der Waals surface area contributed by atoms with Gasteiger partial charge < -0.3 is 15.0 Å². The molecular formula is C18H32N2O4. The standard InChI is InChI=1S/C15H26N2O2.C3H6O2/c1-2-14(18)16-11-7-3-4-8-12-17-13-9-5-6-10-15(17)19;1-3(4)5-2/h2H,1,3-13H2,(H,16,18);1-2H3. The van der Waals surface area contributed by atoms with Gasteiger partial charge in [0.25, 0.3) is 0 Å². The molecule has 0 aliphatic carbocycles. The van der Waals surface area contributed by atoms with E-state index in [0.29, 0.717) is 12.5 Å². The molecule has 1 saturated heterocycles. The number of nitrogens with zero attached hydrogens (tertiary/aromatic N) is 1. The van der Waals surface area contributed by atoms with Crippen LogP contribution in [0.1, 0.15) is 58.3 Å². The summed E-state index contributed by atoms with van der Waals surface area (Å²) in [7, 11) is 1.35. The quantitative estimate of drug-likeness (QED) is 0.418. The van der Waals surface area contributed by atoms with Crippen LogP contribution in [0.5, 0.6) is 0 Å². The van der Waals surface area contributed by atoms with Gasteiger partial charge in [0, 0.05) is 33.0 Å². The monoisotopic (exact) mass is 340 g/mol. The van der Waals surface area contributed by atoms with Crippen molar-refractivity contribution in [1.29, 1.82) is 0 Å². The lowest BCUT2D eigenvalue weighted by Crippen LogP contribution is -2.31. The van der Waals surface area contributed by atoms with Crippen molar-refractivity contribution in [3.8, 4) is 0 Å². The van der Waals surface area contributed by atoms with E-state index in [1.807, 2.05) is 4.90 Å². The summed E-state index contributed by atoms with van der Waals surface area (Å²) in [4.78, 5) is 34.3. The van der Waals surface area contributed by atoms with Crippen LogP contribution in [0.3, 0.4) is 0 Å². The van der Waals surface area contributed by atoms with Crippen LogP contribution in [0, 0.1) is 0 Å². The number of unbranched alkanes of at least 4 members (excludes halogenated alkanes) is 3. The number of esters is 1. The number of carbonyl (C=O) groups is 3. The second-order valence-electron chi connectivity index (χ2n) is 5.80. The lowest BCUT2D eigenvalue weighted by atomic mass is 10.2. The van der Waals surface area contributed by atoms with Crippen molar-refractivity contribution < 1.29 is 19.1 Å². The molecular weight excluding hydrogens is 308 g/mol. The highest BCUT2D eigenvalue weighted by Crippen LogP contribution is 2.12. The van der Waals surface area contributed by atoms with Gasteiger partial charge in [-0.2, -0.15) is 0 Å². The maximum Gasteiger partial charge on any atom is 0.302 e. The molecule has 0 aromatic heterocycles. The van der Waals surface area contributed by atoms with Gasteiger partial charge in [-0.3, -0.25) is 14.4 Å². The maximum atomic E-state index is 11.8. The highest BCUT2D eigenvalue weighted by Gasteiger charge is 2.15. The number of nitrogens with one attached hydrogen (secondary N) is 1. The summed E-state index contributed by atoms with van der Waals surface area (Å²) in [5.74, 6) is -0.0177. The van der Waals surface area contributed by atoms with E-state index in [4.69, 9.17) is 0 Å². The third-order valence-corrected chi connectivity index (χ3v) is 3.80. The zero-order valence-corrected chi connectivity index (χ0v) is 15.1. The summed E-state index contributed by atoms with van der Waals surface area (Å²) in [6, 6.07) is 0. The third kappa shape index (κ3) is 12.7. The Hall–Kier alpha value is -1.85. The molecule has 2 amide bonds. The summed E-state index contributed by atoms with van der Waals surface area (Å²) in [6.45, 7) is 7.32. The molecule has 1 aliphatic heterocycles. The molecule has 0 saturated carbocycles. The van der Waals surface area contributed by atoms with Gasteiger partial charge >= 0.3 is 5.97 Å². The Bertz CT molecular complexity index is 396. The number of carbonyl (C=O) groups excluding carboxylic acids is 3. The number of rotatable bonds is 8. The summed E-state index contributed by atoms with van der Waals surface area (Å²) in [5.41, 5.74) is 0. The summed E-state index contributed by atoms with van der Waals surface area (Å²) < 4.78 is 4.11. The number of amides is 2. The molecule has 0 unspecified atom stereocenters. The fraction of sp³-hybridized carbons (Fsp3) is 0.722. The number of ether oxygens (including phenoxy) is 1. The Balaban J connectivity index is 0.000000922. The fourth-order valence-corrected chi connectivity index (χ4v) is 2.34. The lowest BCUT2D eigenvalue weighted by molar-refractivity contribution is -0.138. The minimum Gasteiger partial charge on any atom is -0.469 e. The fourth-order valence-electron chi connectivity index (χ4n) is 2.34. The third-order valence-electron chi connectivity index (χ3n) is 3.80. The van der Waals surface area contributed by atoms with Crippen LogP contribution in [0.4, 0.5) is 0 Å². The predicted octanol–water partition coefficient (Wildman–Crippen LogP) is 2.43. The molecule has 1 N–H and O–H groups in total. The predicted molar refractivity (Wildman–Crippen MR) is 94.4 cm³/mol. The number of hydrogen-bond acceptors (Lipinski definition) is 4. The summed E-state index contributed by atoms with van der Waals surface area (Å²) in [6.07, 6.45) is 9.70. The molecule has 1 heterocycles. The Kier molecular flexibility index (Phi) is 13.6. The molecule has 0 spiro atoms. The average Bonchev–Trinajstić information content (AvgIpc) is 2.78. The maximum absolute atomic E-state index is 11.8. The van der Waals surface area contributed by atoms with E-state index in [-0.39, 0.29) is 11.9 Å². The SMILES string of the molecule is C=CC(=O)NCCCCCCN1CCCCCC1=O.COC(C)=O. The highest BCUT2D eigenvalue weighted by atomic mass is 16.5. The zero-order valence-electron chi connectivity index (χ0n) is 15.1. The van der Waals surface area contributed by atoms with Crippen molar-refractivity contribution in [3.63, 3.8) is 0 Å². The first-order valence-electron chi connectivity index (χ1n) is 8.73. The normalized spacial score (nSPS) is 14.1. The molecule has 0 bridgehead atoms. The van der Waals surface area contributed by atoms with Gasteiger partial charge in [-0.1, -0.05) is 25.8 Å². The van der Waals surface area contributed by atoms with Crippen molar-refractivity contribution in [1.82, 2.24) is 10.2 Å². The van der Waals surface area contributed by atoms with E-state index in [0.717, 1.165) is 58.0 Å². The van der Waals surface area contributed by atoms with E-state index in [1.54, 1.807) is 0 Å². The van der Waals surface area contributed by atoms with Gasteiger partial charge in [0.2, 0.25) is 11.8 Å². The van der Waals surface area contributed by atoms with Gasteiger partial charge in [0.15, 0.2) is 0 Å². The Morgan fingerprint density at radius 1 is 1.21 bits per heavy atom. The number of likely N-dealkylation sites (tertiary alicyclic amines) is 1. The molecule has 6 nitrogen and oxygen atoms in total. The van der Waals surface area contributed by atoms with Gasteiger partial charge in [0.1, 0.15) is 0 Å². The molecule has 1 rings (SSSR count). The topological polar surface area (TPSA) is 75.7 Å². The first kappa shape index (κ1) is 22.1. The van der Waals surface area contributed by atoms with Crippen LogP contribution in [-0.4, -0.2) is 49.4 Å². The van der Waals surface area contributed by atoms with E-state index < -0.39 is 0 Å². The van der Waals surface area contributed by atoms with Crippen molar-refractivity contribution in [3.05, 3.63) is 12.7 Å². The van der Waals surface area contributed by atoms with Gasteiger partial charge in [-0.05, 0) is 31.8 Å². The molecule has 1 aliphatic rings. The van der Waals surface area contributed by atoms with E-state index in [2.05, 4.69) is 16.6 Å². The van der Waals surface area contributed by atoms with E-state index in [9.17, 15) is 14.4 Å². The van der Waals surface area contributed by atoms with Gasteiger partial charge in [-0.25, -0.2) is 0 Å². The second-order valence-corrected chi connectivity index (χ2v) is 5.80. The first-order valence-corrected chi connectivity index (χ1v) is 8.73. The molecule has 6 heteroatoms. The average molecular weight is 340 g/mol. The van der Waals surface area contributed by atoms with Crippen LogP contribution in [0.2, 0.25) is 0 Å². The van der Waals surface area contributed by atoms with Crippen LogP contribution < -0.4 is 5.32 Å². The van der Waals surface area contributed by atoms with E-state index in [1.165, 1.54) is 26.5 Å². The molecule has 0 aromatic carbocycles. The molecule has 0 aromatic rings. The van der Waals surface area contributed by atoms with Crippen molar-refractivity contribution >= 4 is 17.8 Å². The number of methoxy groups -OCH3 is 1. The Morgan fingerprint density at radius 3 is 2.50 bits per heavy atom. The Labute approximate surface area is 145 Å². The van der Waals surface area contributed by atoms with Gasteiger partial charge in [-0.15, -0.1) is 0 Å². The van der Waals surface area contributed by atoms with Crippen molar-refractivity contribution in [2.24, 2.45) is 0 Å². The smallest absolute Gasteiger partial charge is 0.302 e. The van der Waals surface area contributed by atoms with Crippen molar-refractivity contribution in [2.45, 2.75) is 58.3 Å². The number of hydrogen-bond donors (Lipinski definition) is 1. The molecule has 24 heavy (non-hydrogen) atoms. The van der Waals surface area contributed by atoms with Crippen LogP contribution >= 0.6 is 0 Å². The van der Waals surface area contributed by atoms with E-state index >= 15 is 0 Å². The second kappa shape index (κ2) is 14.7. The summed E-state index contributed by atoms with van der Waals surface area (Å²) >= 11 is 0. The van der Waals surface area contributed by atoms with Crippen molar-refractivity contribution in [2.75, 3.05) is 26.7 Å². The minimum absolute atomic E-state index is 0.102. The van der Waals surface area contributed by atoms with Gasteiger partial charge in [0.05, 0.1) is 7.11 Å². The Morgan fingerprint density at radius 2 is 1.88 bits per heavy atom. The van der Waals surface area contributed by atoms with Crippen LogP contribution in [0.15, 0.2) is 12.7 Å². The van der Waals surface area contributed by atoms with Crippen LogP contribution in [-0.2, 0) is 19.1 Å². The minimum atomic E-state index is -0.245. The highest BCUT2D eigenvalue weighted by molar-refractivity contribution is 5.86. The molecule has 0 atom stereocenters. The summed E-state index contributed by atoms with van der Waals surface area (Å²) in [5, 5.41) is 2.77. The molecule has 138 valence electrons. The molecule has 0 radical (unpaired) electrons. The van der Waals surface area contributed by atoms with Crippen LogP contribution in [0.25, 0.3) is 0 Å². The largest absolute Gasteiger partial charge is 0.469 e. The molecule has 1 fully saturated rings. The lowest BCUT2D eigenvalue weighted by Gasteiger charge is -2.20. The first-order chi connectivity index (χ1) is 11.5.